The molecule has 2 atom stereocenters. The minimum Gasteiger partial charge on any atom is -0.457 e. The SMILES string of the molecule is CC1(C)C(C(=O)OC2CC3CCCc4cccc2c43)C1(C)C. The Bertz CT molecular complexity index is 627. The van der Waals surface area contributed by atoms with E-state index in [2.05, 4.69) is 45.9 Å². The maximum Gasteiger partial charge on any atom is 0.310 e. The van der Waals surface area contributed by atoms with Gasteiger partial charge in [-0.25, -0.2) is 0 Å². The molecule has 0 spiro atoms. The normalized spacial score (nSPS) is 30.7. The van der Waals surface area contributed by atoms with Crippen LogP contribution in [0.2, 0.25) is 0 Å². The third-order valence-electron chi connectivity index (χ3n) is 7.00. The van der Waals surface area contributed by atoms with Gasteiger partial charge in [-0.1, -0.05) is 45.9 Å². The quantitative estimate of drug-likeness (QED) is 0.735. The lowest BCUT2D eigenvalue weighted by Gasteiger charge is -2.20. The van der Waals surface area contributed by atoms with E-state index >= 15 is 0 Å². The first-order valence-corrected chi connectivity index (χ1v) is 8.66. The first kappa shape index (κ1) is 14.3. The maximum atomic E-state index is 12.7. The predicted octanol–water partition coefficient (Wildman–Crippen LogP) is 4.78. The molecule has 4 rings (SSSR count). The van der Waals surface area contributed by atoms with Crippen LogP contribution in [0.15, 0.2) is 18.2 Å². The Hall–Kier alpha value is -1.31. The molecule has 2 nitrogen and oxygen atoms in total. The van der Waals surface area contributed by atoms with Gasteiger partial charge in [0, 0.05) is 0 Å². The molecule has 0 radical (unpaired) electrons. The summed E-state index contributed by atoms with van der Waals surface area (Å²) in [6.07, 6.45) is 4.68. The molecule has 0 amide bonds. The number of hydrogen-bond acceptors (Lipinski definition) is 2. The number of carbonyl (C=O) groups is 1. The van der Waals surface area contributed by atoms with E-state index in [1.165, 1.54) is 36.0 Å². The molecule has 0 heterocycles. The summed E-state index contributed by atoms with van der Waals surface area (Å²) in [6, 6.07) is 6.56. The van der Waals surface area contributed by atoms with Crippen LogP contribution in [0.4, 0.5) is 0 Å². The highest BCUT2D eigenvalue weighted by atomic mass is 16.5. The third kappa shape index (κ3) is 1.76. The van der Waals surface area contributed by atoms with Gasteiger partial charge in [-0.2, -0.15) is 0 Å². The van der Waals surface area contributed by atoms with Crippen molar-refractivity contribution in [2.24, 2.45) is 16.7 Å². The average molecular weight is 298 g/mol. The summed E-state index contributed by atoms with van der Waals surface area (Å²) in [6.45, 7) is 8.71. The van der Waals surface area contributed by atoms with Crippen molar-refractivity contribution in [1.29, 1.82) is 0 Å². The minimum absolute atomic E-state index is 0.0104. The third-order valence-corrected chi connectivity index (χ3v) is 7.00. The second kappa shape index (κ2) is 4.37. The van der Waals surface area contributed by atoms with Crippen molar-refractivity contribution in [2.45, 2.75) is 65.4 Å². The monoisotopic (exact) mass is 298 g/mol. The second-order valence-corrected chi connectivity index (χ2v) is 8.55. The fourth-order valence-corrected chi connectivity index (χ4v) is 5.04. The Balaban J connectivity index is 1.57. The molecule has 0 bridgehead atoms. The Kier molecular flexibility index (Phi) is 2.84. The molecule has 0 aliphatic heterocycles. The van der Waals surface area contributed by atoms with Gasteiger partial charge < -0.3 is 4.74 Å². The van der Waals surface area contributed by atoms with Crippen molar-refractivity contribution >= 4 is 5.97 Å². The number of carbonyl (C=O) groups excluding carboxylic acids is 1. The molecule has 2 unspecified atom stereocenters. The molecule has 2 heteroatoms. The average Bonchev–Trinajstić information content (AvgIpc) is 2.72. The highest BCUT2D eigenvalue weighted by Crippen LogP contribution is 2.69. The van der Waals surface area contributed by atoms with E-state index in [0.29, 0.717) is 5.92 Å². The summed E-state index contributed by atoms with van der Waals surface area (Å²) in [4.78, 5) is 12.7. The highest BCUT2D eigenvalue weighted by molar-refractivity contribution is 5.79. The van der Waals surface area contributed by atoms with Crippen LogP contribution in [0.25, 0.3) is 0 Å². The van der Waals surface area contributed by atoms with Crippen LogP contribution in [0.3, 0.4) is 0 Å². The summed E-state index contributed by atoms with van der Waals surface area (Å²) >= 11 is 0. The van der Waals surface area contributed by atoms with E-state index in [-0.39, 0.29) is 28.8 Å². The second-order valence-electron chi connectivity index (χ2n) is 8.55. The lowest BCUT2D eigenvalue weighted by molar-refractivity contribution is -0.152. The lowest BCUT2D eigenvalue weighted by atomic mass is 9.84. The van der Waals surface area contributed by atoms with Crippen molar-refractivity contribution in [3.8, 4) is 0 Å². The number of benzene rings is 1. The first-order valence-electron chi connectivity index (χ1n) is 8.66. The molecule has 0 N–H and O–H groups in total. The van der Waals surface area contributed by atoms with E-state index in [0.717, 1.165) is 6.42 Å². The topological polar surface area (TPSA) is 26.3 Å². The molecule has 1 fully saturated rings. The van der Waals surface area contributed by atoms with Crippen LogP contribution >= 0.6 is 0 Å². The summed E-state index contributed by atoms with van der Waals surface area (Å²) in [5, 5.41) is 0. The van der Waals surface area contributed by atoms with Crippen molar-refractivity contribution in [3.63, 3.8) is 0 Å². The van der Waals surface area contributed by atoms with Gasteiger partial charge in [0.1, 0.15) is 6.10 Å². The van der Waals surface area contributed by atoms with Gasteiger partial charge in [-0.15, -0.1) is 0 Å². The fraction of sp³-hybridized carbons (Fsp3) is 0.650. The van der Waals surface area contributed by atoms with Crippen molar-refractivity contribution < 1.29 is 9.53 Å². The molecule has 0 saturated heterocycles. The van der Waals surface area contributed by atoms with Crippen LogP contribution < -0.4 is 0 Å². The zero-order valence-corrected chi connectivity index (χ0v) is 14.1. The van der Waals surface area contributed by atoms with Crippen LogP contribution in [0.5, 0.6) is 0 Å². The maximum absolute atomic E-state index is 12.7. The number of esters is 1. The highest BCUT2D eigenvalue weighted by Gasteiger charge is 2.69. The van der Waals surface area contributed by atoms with Crippen molar-refractivity contribution in [2.75, 3.05) is 0 Å². The fourth-order valence-electron chi connectivity index (χ4n) is 5.04. The van der Waals surface area contributed by atoms with E-state index < -0.39 is 0 Å². The molecule has 0 aromatic heterocycles. The molecular formula is C20H26O2. The largest absolute Gasteiger partial charge is 0.457 e. The van der Waals surface area contributed by atoms with Gasteiger partial charge in [0.25, 0.3) is 0 Å². The molecule has 1 aromatic carbocycles. The minimum atomic E-state index is -0.0160. The first-order chi connectivity index (χ1) is 10.3. The van der Waals surface area contributed by atoms with Gasteiger partial charge in [0.2, 0.25) is 0 Å². The molecular weight excluding hydrogens is 272 g/mol. The summed E-state index contributed by atoms with van der Waals surface area (Å²) < 4.78 is 6.01. The van der Waals surface area contributed by atoms with E-state index in [1.54, 1.807) is 0 Å². The van der Waals surface area contributed by atoms with Gasteiger partial charge in [-0.05, 0) is 59.1 Å². The van der Waals surface area contributed by atoms with E-state index in [4.69, 9.17) is 4.74 Å². The van der Waals surface area contributed by atoms with E-state index in [9.17, 15) is 4.79 Å². The van der Waals surface area contributed by atoms with Crippen LogP contribution in [-0.2, 0) is 16.0 Å². The van der Waals surface area contributed by atoms with Gasteiger partial charge in [-0.3, -0.25) is 4.79 Å². The molecule has 3 aliphatic rings. The zero-order chi connectivity index (χ0) is 15.7. The Morgan fingerprint density at radius 1 is 1.18 bits per heavy atom. The van der Waals surface area contributed by atoms with Gasteiger partial charge >= 0.3 is 5.97 Å². The molecule has 1 aromatic rings. The van der Waals surface area contributed by atoms with E-state index in [1.807, 2.05) is 0 Å². The molecule has 118 valence electrons. The lowest BCUT2D eigenvalue weighted by Crippen LogP contribution is -2.14. The number of aryl methyl sites for hydroxylation is 1. The van der Waals surface area contributed by atoms with Crippen LogP contribution in [0, 0.1) is 16.7 Å². The van der Waals surface area contributed by atoms with Crippen molar-refractivity contribution in [3.05, 3.63) is 34.9 Å². The summed E-state index contributed by atoms with van der Waals surface area (Å²) in [5.74, 6) is 0.657. The predicted molar refractivity (Wildman–Crippen MR) is 86.6 cm³/mol. The number of hydrogen-bond donors (Lipinski definition) is 0. The standard InChI is InChI=1S/C20H26O2/c1-19(2)17(20(19,3)4)18(21)22-15-11-13-9-5-7-12-8-6-10-14(15)16(12)13/h6,8,10,13,15,17H,5,7,9,11H2,1-4H3. The molecule has 22 heavy (non-hydrogen) atoms. The summed E-state index contributed by atoms with van der Waals surface area (Å²) in [5.41, 5.74) is 4.38. The van der Waals surface area contributed by atoms with Gasteiger partial charge in [0.05, 0.1) is 5.92 Å². The number of rotatable bonds is 2. The van der Waals surface area contributed by atoms with Crippen LogP contribution in [0.1, 0.15) is 75.7 Å². The number of ether oxygens (including phenoxy) is 1. The van der Waals surface area contributed by atoms with Crippen molar-refractivity contribution in [1.82, 2.24) is 0 Å². The molecule has 3 aliphatic carbocycles. The zero-order valence-electron chi connectivity index (χ0n) is 14.1. The van der Waals surface area contributed by atoms with Gasteiger partial charge in [0.15, 0.2) is 0 Å². The molecule has 1 saturated carbocycles. The Morgan fingerprint density at radius 3 is 2.59 bits per heavy atom. The Morgan fingerprint density at radius 2 is 1.91 bits per heavy atom. The summed E-state index contributed by atoms with van der Waals surface area (Å²) in [7, 11) is 0. The van der Waals surface area contributed by atoms with Crippen LogP contribution in [-0.4, -0.2) is 5.97 Å². The Labute approximate surface area is 133 Å². The smallest absolute Gasteiger partial charge is 0.310 e.